The van der Waals surface area contributed by atoms with E-state index in [1.807, 2.05) is 18.2 Å². The van der Waals surface area contributed by atoms with E-state index in [1.54, 1.807) is 16.8 Å². The summed E-state index contributed by atoms with van der Waals surface area (Å²) in [5, 5.41) is 20.8. The molecule has 0 aliphatic carbocycles. The number of hydrogen-bond acceptors (Lipinski definition) is 11. The number of rotatable bonds is 9. The first-order valence-electron chi connectivity index (χ1n) is 15.9. The van der Waals surface area contributed by atoms with Crippen LogP contribution in [0.1, 0.15) is 12.8 Å². The molecule has 2 bridgehead atoms. The van der Waals surface area contributed by atoms with Crippen molar-refractivity contribution in [1.29, 1.82) is 0 Å². The van der Waals surface area contributed by atoms with Gasteiger partial charge in [-0.2, -0.15) is 4.68 Å². The van der Waals surface area contributed by atoms with Gasteiger partial charge in [0.15, 0.2) is 17.5 Å². The first-order chi connectivity index (χ1) is 24.6. The number of nitrogens with one attached hydrogen (secondary N) is 2. The summed E-state index contributed by atoms with van der Waals surface area (Å²) >= 11 is 12.1. The molecule has 2 aliphatic rings. The molecule has 51 heavy (non-hydrogen) atoms. The van der Waals surface area contributed by atoms with Gasteiger partial charge in [-0.3, -0.25) is 9.62 Å². The summed E-state index contributed by atoms with van der Waals surface area (Å²) < 4.78 is 60.9. The minimum Gasteiger partial charge on any atom is -0.395 e. The molecule has 0 saturated carbocycles. The molecule has 8 rings (SSSR count). The van der Waals surface area contributed by atoms with Crippen LogP contribution in [0.15, 0.2) is 71.9 Å². The molecule has 3 N–H and O–H groups in total. The average molecular weight is 754 g/mol. The monoisotopic (exact) mass is 752 g/mol. The Kier molecular flexibility index (Phi) is 8.58. The summed E-state index contributed by atoms with van der Waals surface area (Å²) in [7, 11) is -4.42. The number of β-amino-alcohol motifs (C(OH)–C–C–N with tert-alkyl or cyclic N) is 1. The van der Waals surface area contributed by atoms with Crippen LogP contribution in [-0.4, -0.2) is 86.7 Å². The predicted octanol–water partition coefficient (Wildman–Crippen LogP) is 5.53. The number of nitrogens with zero attached hydrogens (tertiary/aromatic N) is 8. The third-order valence-corrected chi connectivity index (χ3v) is 11.5. The third kappa shape index (κ3) is 5.96. The largest absolute Gasteiger partial charge is 0.395 e. The second kappa shape index (κ2) is 13.1. The fraction of sp³-hybridized carbons (Fsp3) is 0.242. The van der Waals surface area contributed by atoms with Crippen LogP contribution in [0.3, 0.4) is 0 Å². The molecule has 6 aromatic rings. The van der Waals surface area contributed by atoms with Crippen molar-refractivity contribution >= 4 is 78.2 Å². The maximum absolute atomic E-state index is 15.8. The molecule has 2 aliphatic heterocycles. The Bertz CT molecular complexity index is 2420. The first-order valence-corrected chi connectivity index (χ1v) is 18.2. The van der Waals surface area contributed by atoms with Gasteiger partial charge in [-0.25, -0.2) is 32.2 Å². The highest BCUT2D eigenvalue weighted by molar-refractivity contribution is 7.92. The quantitative estimate of drug-likeness (QED) is 0.171. The fourth-order valence-corrected chi connectivity index (χ4v) is 8.73. The molecule has 3 aromatic heterocycles. The van der Waals surface area contributed by atoms with E-state index in [2.05, 4.69) is 40.1 Å². The topological polar surface area (TPSA) is 154 Å². The van der Waals surface area contributed by atoms with Gasteiger partial charge in [0.2, 0.25) is 0 Å². The smallest absolute Gasteiger partial charge is 0.263 e. The van der Waals surface area contributed by atoms with Crippen molar-refractivity contribution in [2.24, 2.45) is 0 Å². The zero-order valence-electron chi connectivity index (χ0n) is 26.5. The summed E-state index contributed by atoms with van der Waals surface area (Å²) in [5.74, 6) is -1.93. The number of benzene rings is 3. The lowest BCUT2D eigenvalue weighted by molar-refractivity contribution is 0.168. The van der Waals surface area contributed by atoms with E-state index in [0.717, 1.165) is 43.8 Å². The molecular formula is C33H28Cl2F2N10O3S. The second-order valence-electron chi connectivity index (χ2n) is 12.2. The Morgan fingerprint density at radius 1 is 0.941 bits per heavy atom. The molecule has 2 saturated heterocycles. The van der Waals surface area contributed by atoms with Gasteiger partial charge in [0.05, 0.1) is 39.1 Å². The number of pyridine rings is 1. The lowest BCUT2D eigenvalue weighted by Crippen LogP contribution is -2.54. The van der Waals surface area contributed by atoms with Crippen LogP contribution in [0.5, 0.6) is 0 Å². The van der Waals surface area contributed by atoms with Gasteiger partial charge >= 0.3 is 0 Å². The van der Waals surface area contributed by atoms with Gasteiger partial charge in [0.1, 0.15) is 33.8 Å². The molecule has 2 fully saturated rings. The maximum Gasteiger partial charge on any atom is 0.263 e. The van der Waals surface area contributed by atoms with Crippen molar-refractivity contribution in [3.63, 3.8) is 0 Å². The number of anilines is 4. The van der Waals surface area contributed by atoms with Gasteiger partial charge in [-0.1, -0.05) is 40.5 Å². The summed E-state index contributed by atoms with van der Waals surface area (Å²) in [6.45, 7) is 2.49. The van der Waals surface area contributed by atoms with Gasteiger partial charge in [-0.05, 0) is 61.4 Å². The minimum atomic E-state index is -4.42. The molecule has 0 radical (unpaired) electrons. The number of aliphatic hydroxyl groups excluding tert-OH is 1. The van der Waals surface area contributed by atoms with Crippen LogP contribution in [0.2, 0.25) is 10.0 Å². The molecular weight excluding hydrogens is 725 g/mol. The highest BCUT2D eigenvalue weighted by atomic mass is 35.5. The predicted molar refractivity (Wildman–Crippen MR) is 189 cm³/mol. The van der Waals surface area contributed by atoms with Crippen LogP contribution in [0.4, 0.5) is 31.7 Å². The van der Waals surface area contributed by atoms with E-state index in [-0.39, 0.29) is 32.9 Å². The van der Waals surface area contributed by atoms with Gasteiger partial charge in [-0.15, -0.1) is 5.10 Å². The molecule has 3 aromatic carbocycles. The Balaban J connectivity index is 1.12. The van der Waals surface area contributed by atoms with Gasteiger partial charge < -0.3 is 15.3 Å². The van der Waals surface area contributed by atoms with E-state index < -0.39 is 33.0 Å². The molecule has 5 heterocycles. The lowest BCUT2D eigenvalue weighted by Gasteiger charge is -2.42. The zero-order chi connectivity index (χ0) is 35.4. The summed E-state index contributed by atoms with van der Waals surface area (Å²) in [6.07, 6.45) is 3.30. The molecule has 2 atom stereocenters. The summed E-state index contributed by atoms with van der Waals surface area (Å²) in [4.78, 5) is 17.5. The first kappa shape index (κ1) is 33.4. The van der Waals surface area contributed by atoms with Crippen molar-refractivity contribution in [3.8, 4) is 5.82 Å². The van der Waals surface area contributed by atoms with E-state index in [1.165, 1.54) is 24.5 Å². The van der Waals surface area contributed by atoms with Gasteiger partial charge in [0.25, 0.3) is 10.0 Å². The summed E-state index contributed by atoms with van der Waals surface area (Å²) in [5.41, 5.74) is 1.70. The Morgan fingerprint density at radius 2 is 1.73 bits per heavy atom. The Labute approximate surface area is 299 Å². The van der Waals surface area contributed by atoms with Crippen LogP contribution < -0.4 is 14.9 Å². The SMILES string of the molecule is O=S(=O)(Nc1ccc(F)c(Nc2ncnc3ccc(-n4nnc5c(N6C7CCC6CN(CCO)C7)cccc54)nc23)c1F)c1cccc(Cl)c1Cl. The van der Waals surface area contributed by atoms with Gasteiger partial charge in [0, 0.05) is 31.7 Å². The van der Waals surface area contributed by atoms with Crippen LogP contribution in [0.25, 0.3) is 27.9 Å². The van der Waals surface area contributed by atoms with Crippen LogP contribution >= 0.6 is 23.2 Å². The standard InChI is InChI=1S/C33H28Cl2F2N10O3S/c34-20-3-1-6-26(28(20)35)51(49,50)43-22-10-9-21(36)30(29(22)37)41-33-31-23(38-17-39-33)11-12-27(40-31)47-25-5-2-4-24(32(25)42-44-47)46-18-7-8-19(46)16-45(15-18)13-14-48/h1-6,9-12,17-19,43,48H,7-8,13-16H2,(H,38,39,41). The Morgan fingerprint density at radius 3 is 2.51 bits per heavy atom. The second-order valence-corrected chi connectivity index (χ2v) is 14.7. The highest BCUT2D eigenvalue weighted by Crippen LogP contribution is 2.39. The van der Waals surface area contributed by atoms with Crippen molar-refractivity contribution in [3.05, 3.63) is 88.7 Å². The van der Waals surface area contributed by atoms with Crippen molar-refractivity contribution in [2.75, 3.05) is 41.2 Å². The number of hydrogen-bond donors (Lipinski definition) is 3. The van der Waals surface area contributed by atoms with E-state index in [0.29, 0.717) is 41.0 Å². The minimum absolute atomic E-state index is 0.0106. The highest BCUT2D eigenvalue weighted by Gasteiger charge is 2.40. The summed E-state index contributed by atoms with van der Waals surface area (Å²) in [6, 6.07) is 15.7. The Hall–Kier alpha value is -4.74. The number of sulfonamides is 1. The molecule has 13 nitrogen and oxygen atoms in total. The van der Waals surface area contributed by atoms with Crippen molar-refractivity contribution < 1.29 is 22.3 Å². The van der Waals surface area contributed by atoms with Crippen molar-refractivity contribution in [1.82, 2.24) is 34.8 Å². The molecule has 0 amide bonds. The maximum atomic E-state index is 15.8. The average Bonchev–Trinajstić information content (AvgIpc) is 3.67. The zero-order valence-corrected chi connectivity index (χ0v) is 28.8. The normalized spacial score (nSPS) is 17.8. The van der Waals surface area contributed by atoms with E-state index in [4.69, 9.17) is 28.2 Å². The van der Waals surface area contributed by atoms with E-state index in [9.17, 15) is 13.5 Å². The number of aliphatic hydroxyl groups is 1. The number of aromatic nitrogens is 6. The third-order valence-electron chi connectivity index (χ3n) is 9.18. The molecule has 2 unspecified atom stereocenters. The van der Waals surface area contributed by atoms with E-state index >= 15 is 8.78 Å². The number of piperazine rings is 1. The lowest BCUT2D eigenvalue weighted by atomic mass is 10.1. The number of fused-ring (bicyclic) bond motifs is 4. The number of halogens is 4. The molecule has 262 valence electrons. The van der Waals surface area contributed by atoms with Crippen LogP contribution in [0, 0.1) is 11.6 Å². The number of likely N-dealkylation sites (tertiary alicyclic amines) is 1. The van der Waals surface area contributed by atoms with Crippen molar-refractivity contribution in [2.45, 2.75) is 29.8 Å². The fourth-order valence-electron chi connectivity index (χ4n) is 6.91. The molecule has 18 heteroatoms. The molecule has 0 spiro atoms. The van der Waals surface area contributed by atoms with Crippen LogP contribution in [-0.2, 0) is 10.0 Å².